The molecule has 1 atom stereocenters. The largest absolute Gasteiger partial charge is 0.378 e. The first-order valence-electron chi connectivity index (χ1n) is 6.34. The Bertz CT molecular complexity index is 447. The molecule has 1 aliphatic heterocycles. The number of morpholine rings is 1. The molecule has 1 amide bonds. The van der Waals surface area contributed by atoms with Gasteiger partial charge < -0.3 is 10.1 Å². The normalized spacial score (nSPS) is 19.9. The monoisotopic (exact) mass is 262 g/mol. The van der Waals surface area contributed by atoms with E-state index in [1.807, 2.05) is 23.1 Å². The highest BCUT2D eigenvalue weighted by atomic mass is 16.5. The molecule has 0 bridgehead atoms. The van der Waals surface area contributed by atoms with Crippen molar-refractivity contribution in [2.75, 3.05) is 33.4 Å². The molecule has 102 valence electrons. The molecule has 1 aliphatic rings. The van der Waals surface area contributed by atoms with Crippen LogP contribution in [0.15, 0.2) is 30.3 Å². The lowest BCUT2D eigenvalue weighted by Gasteiger charge is -2.33. The van der Waals surface area contributed by atoms with Gasteiger partial charge in [0.25, 0.3) is 0 Å². The van der Waals surface area contributed by atoms with Gasteiger partial charge in [-0.3, -0.25) is 14.5 Å². The van der Waals surface area contributed by atoms with Gasteiger partial charge in [0, 0.05) is 19.2 Å². The third-order valence-electron chi connectivity index (χ3n) is 3.23. The fourth-order valence-corrected chi connectivity index (χ4v) is 2.14. The predicted octanol–water partition coefficient (Wildman–Crippen LogP) is 0.316. The maximum absolute atomic E-state index is 12.2. The standard InChI is InChI=1S/C14H18N2O3/c1-15-14(18)12-10-19-8-7-16(12)9-13(17)11-5-3-2-4-6-11/h2-6,12H,7-10H2,1H3,(H,15,18). The van der Waals surface area contributed by atoms with E-state index in [0.717, 1.165) is 0 Å². The van der Waals surface area contributed by atoms with Gasteiger partial charge in [0.2, 0.25) is 5.91 Å². The van der Waals surface area contributed by atoms with Crippen LogP contribution in [0, 0.1) is 0 Å². The highest BCUT2D eigenvalue weighted by Crippen LogP contribution is 2.09. The Morgan fingerprint density at radius 3 is 2.79 bits per heavy atom. The van der Waals surface area contributed by atoms with Crippen molar-refractivity contribution in [2.45, 2.75) is 6.04 Å². The van der Waals surface area contributed by atoms with Crippen LogP contribution in [0.1, 0.15) is 10.4 Å². The van der Waals surface area contributed by atoms with Crippen LogP contribution in [-0.2, 0) is 9.53 Å². The van der Waals surface area contributed by atoms with Crippen molar-refractivity contribution in [1.82, 2.24) is 10.2 Å². The van der Waals surface area contributed by atoms with Gasteiger partial charge >= 0.3 is 0 Å². The number of ether oxygens (including phenoxy) is 1. The van der Waals surface area contributed by atoms with Crippen molar-refractivity contribution in [3.05, 3.63) is 35.9 Å². The van der Waals surface area contributed by atoms with Gasteiger partial charge in [-0.15, -0.1) is 0 Å². The summed E-state index contributed by atoms with van der Waals surface area (Å²) in [5.74, 6) is -0.0861. The second kappa shape index (κ2) is 6.45. The number of amides is 1. The van der Waals surface area contributed by atoms with Crippen molar-refractivity contribution >= 4 is 11.7 Å². The summed E-state index contributed by atoms with van der Waals surface area (Å²) in [5, 5.41) is 2.61. The average Bonchev–Trinajstić information content (AvgIpc) is 2.48. The zero-order valence-electron chi connectivity index (χ0n) is 11.0. The summed E-state index contributed by atoms with van der Waals surface area (Å²) in [6.45, 7) is 1.72. The Kier molecular flexibility index (Phi) is 4.65. The fourth-order valence-electron chi connectivity index (χ4n) is 2.14. The zero-order chi connectivity index (χ0) is 13.7. The van der Waals surface area contributed by atoms with Crippen molar-refractivity contribution in [3.63, 3.8) is 0 Å². The lowest BCUT2D eigenvalue weighted by Crippen LogP contribution is -2.54. The summed E-state index contributed by atoms with van der Waals surface area (Å²) in [6.07, 6.45) is 0. The van der Waals surface area contributed by atoms with E-state index < -0.39 is 0 Å². The number of carbonyl (C=O) groups is 2. The lowest BCUT2D eigenvalue weighted by atomic mass is 10.1. The van der Waals surface area contributed by atoms with Crippen LogP contribution < -0.4 is 5.32 Å². The Morgan fingerprint density at radius 1 is 1.37 bits per heavy atom. The molecule has 1 aromatic carbocycles. The Morgan fingerprint density at radius 2 is 2.11 bits per heavy atom. The second-order valence-electron chi connectivity index (χ2n) is 4.46. The van der Waals surface area contributed by atoms with Crippen LogP contribution in [0.3, 0.4) is 0 Å². The minimum atomic E-state index is -0.383. The summed E-state index contributed by atoms with van der Waals surface area (Å²) < 4.78 is 5.31. The van der Waals surface area contributed by atoms with Gasteiger partial charge in [-0.1, -0.05) is 30.3 Å². The second-order valence-corrected chi connectivity index (χ2v) is 4.46. The molecular formula is C14H18N2O3. The fraction of sp³-hybridized carbons (Fsp3) is 0.429. The average molecular weight is 262 g/mol. The van der Waals surface area contributed by atoms with Crippen molar-refractivity contribution in [2.24, 2.45) is 0 Å². The molecule has 0 aromatic heterocycles. The first-order chi connectivity index (χ1) is 9.22. The number of carbonyl (C=O) groups excluding carboxylic acids is 2. The van der Waals surface area contributed by atoms with E-state index in [-0.39, 0.29) is 24.3 Å². The molecule has 5 nitrogen and oxygen atoms in total. The van der Waals surface area contributed by atoms with Crippen LogP contribution in [-0.4, -0.2) is 56.0 Å². The van der Waals surface area contributed by atoms with E-state index >= 15 is 0 Å². The Hall–Kier alpha value is -1.72. The molecule has 1 aromatic rings. The number of ketones is 1. The number of benzene rings is 1. The van der Waals surface area contributed by atoms with Crippen LogP contribution in [0.25, 0.3) is 0 Å². The van der Waals surface area contributed by atoms with E-state index in [1.54, 1.807) is 19.2 Å². The molecule has 1 heterocycles. The number of hydrogen-bond donors (Lipinski definition) is 1. The maximum atomic E-state index is 12.2. The summed E-state index contributed by atoms with van der Waals surface area (Å²) in [7, 11) is 1.59. The maximum Gasteiger partial charge on any atom is 0.239 e. The van der Waals surface area contributed by atoms with Crippen LogP contribution >= 0.6 is 0 Å². The van der Waals surface area contributed by atoms with Gasteiger partial charge in [0.1, 0.15) is 6.04 Å². The molecule has 0 aliphatic carbocycles. The number of hydrogen-bond acceptors (Lipinski definition) is 4. The zero-order valence-corrected chi connectivity index (χ0v) is 11.0. The summed E-state index contributed by atoms with van der Waals surface area (Å²) in [5.41, 5.74) is 0.671. The quantitative estimate of drug-likeness (QED) is 0.794. The molecule has 0 spiro atoms. The van der Waals surface area contributed by atoms with Crippen molar-refractivity contribution in [3.8, 4) is 0 Å². The highest BCUT2D eigenvalue weighted by molar-refractivity contribution is 5.98. The summed E-state index contributed by atoms with van der Waals surface area (Å²) in [4.78, 5) is 25.8. The molecule has 1 fully saturated rings. The smallest absolute Gasteiger partial charge is 0.239 e. The minimum Gasteiger partial charge on any atom is -0.378 e. The summed E-state index contributed by atoms with van der Waals surface area (Å²) in [6, 6.07) is 8.74. The van der Waals surface area contributed by atoms with Gasteiger partial charge in [-0.2, -0.15) is 0 Å². The number of likely N-dealkylation sites (N-methyl/N-ethyl adjacent to an activating group) is 1. The predicted molar refractivity (Wildman–Crippen MR) is 71.0 cm³/mol. The van der Waals surface area contributed by atoms with Crippen molar-refractivity contribution < 1.29 is 14.3 Å². The highest BCUT2D eigenvalue weighted by Gasteiger charge is 2.30. The van der Waals surface area contributed by atoms with E-state index in [2.05, 4.69) is 5.32 Å². The van der Waals surface area contributed by atoms with Gasteiger partial charge in [0.05, 0.1) is 19.8 Å². The SMILES string of the molecule is CNC(=O)C1COCCN1CC(=O)c1ccccc1. The van der Waals surface area contributed by atoms with Gasteiger partial charge in [-0.25, -0.2) is 0 Å². The molecule has 1 unspecified atom stereocenters. The molecular weight excluding hydrogens is 244 g/mol. The topological polar surface area (TPSA) is 58.6 Å². The molecule has 19 heavy (non-hydrogen) atoms. The van der Waals surface area contributed by atoms with Crippen LogP contribution in [0.4, 0.5) is 0 Å². The molecule has 1 saturated heterocycles. The first kappa shape index (κ1) is 13.7. The molecule has 5 heteroatoms. The Balaban J connectivity index is 2.03. The number of nitrogens with one attached hydrogen (secondary N) is 1. The van der Waals surface area contributed by atoms with E-state index in [0.29, 0.717) is 25.3 Å². The lowest BCUT2D eigenvalue weighted by molar-refractivity contribution is -0.131. The summed E-state index contributed by atoms with van der Waals surface area (Å²) >= 11 is 0. The first-order valence-corrected chi connectivity index (χ1v) is 6.34. The van der Waals surface area contributed by atoms with E-state index in [1.165, 1.54) is 0 Å². The van der Waals surface area contributed by atoms with Gasteiger partial charge in [-0.05, 0) is 0 Å². The number of nitrogens with zero attached hydrogens (tertiary/aromatic N) is 1. The van der Waals surface area contributed by atoms with Crippen LogP contribution in [0.5, 0.6) is 0 Å². The van der Waals surface area contributed by atoms with Crippen LogP contribution in [0.2, 0.25) is 0 Å². The van der Waals surface area contributed by atoms with Gasteiger partial charge in [0.15, 0.2) is 5.78 Å². The van der Waals surface area contributed by atoms with Crippen molar-refractivity contribution in [1.29, 1.82) is 0 Å². The molecule has 0 radical (unpaired) electrons. The van der Waals surface area contributed by atoms with E-state index in [9.17, 15) is 9.59 Å². The van der Waals surface area contributed by atoms with E-state index in [4.69, 9.17) is 4.74 Å². The minimum absolute atomic E-state index is 0.0244. The Labute approximate surface area is 112 Å². The molecule has 2 rings (SSSR count). The third kappa shape index (κ3) is 3.39. The number of Topliss-reactive ketones (excluding diaryl/α,β-unsaturated/α-hetero) is 1. The molecule has 0 saturated carbocycles. The molecule has 1 N–H and O–H groups in total. The third-order valence-corrected chi connectivity index (χ3v) is 3.23. The number of rotatable bonds is 4.